The molecule has 0 aliphatic heterocycles. The highest BCUT2D eigenvalue weighted by atomic mass is 16.5. The van der Waals surface area contributed by atoms with Crippen molar-refractivity contribution in [1.82, 2.24) is 0 Å². The van der Waals surface area contributed by atoms with Crippen molar-refractivity contribution < 1.29 is 9.53 Å². The van der Waals surface area contributed by atoms with Gasteiger partial charge in [0.25, 0.3) is 0 Å². The number of nitrogens with two attached hydrogens (primary N) is 1. The van der Waals surface area contributed by atoms with E-state index >= 15 is 0 Å². The van der Waals surface area contributed by atoms with Gasteiger partial charge in [0.05, 0.1) is 6.26 Å². The standard InChI is InChI=1S/C10H11NO2/c1-8(10(11)12)7-13-9-5-3-2-4-6-9/h2-7H,1H3,(H2,11,12). The van der Waals surface area contributed by atoms with Crippen molar-refractivity contribution in [3.63, 3.8) is 0 Å². The van der Waals surface area contributed by atoms with Gasteiger partial charge in [0, 0.05) is 5.57 Å². The number of rotatable bonds is 3. The molecule has 0 saturated heterocycles. The number of benzene rings is 1. The third kappa shape index (κ3) is 2.99. The third-order valence-electron chi connectivity index (χ3n) is 1.50. The molecule has 1 rings (SSSR count). The quantitative estimate of drug-likeness (QED) is 0.561. The van der Waals surface area contributed by atoms with E-state index in [2.05, 4.69) is 0 Å². The molecule has 13 heavy (non-hydrogen) atoms. The number of primary amides is 1. The maximum atomic E-state index is 10.6. The first-order valence-electron chi connectivity index (χ1n) is 3.88. The van der Waals surface area contributed by atoms with Crippen LogP contribution in [0, 0.1) is 0 Å². The van der Waals surface area contributed by atoms with Crippen LogP contribution in [0.5, 0.6) is 5.75 Å². The van der Waals surface area contributed by atoms with Crippen molar-refractivity contribution in [2.24, 2.45) is 5.73 Å². The SMILES string of the molecule is CC(=COc1ccccc1)C(N)=O. The van der Waals surface area contributed by atoms with E-state index < -0.39 is 5.91 Å². The van der Waals surface area contributed by atoms with Gasteiger partial charge < -0.3 is 10.5 Å². The Morgan fingerprint density at radius 3 is 2.54 bits per heavy atom. The number of ether oxygens (including phenoxy) is 1. The molecule has 0 unspecified atom stereocenters. The molecule has 0 fully saturated rings. The van der Waals surface area contributed by atoms with Crippen molar-refractivity contribution in [2.45, 2.75) is 6.92 Å². The van der Waals surface area contributed by atoms with Gasteiger partial charge in [-0.15, -0.1) is 0 Å². The molecule has 0 spiro atoms. The summed E-state index contributed by atoms with van der Waals surface area (Å²) in [6.45, 7) is 1.60. The molecule has 3 nitrogen and oxygen atoms in total. The van der Waals surface area contributed by atoms with Crippen LogP contribution in [0.3, 0.4) is 0 Å². The average molecular weight is 177 g/mol. The zero-order valence-electron chi connectivity index (χ0n) is 7.36. The molecule has 0 aliphatic carbocycles. The van der Waals surface area contributed by atoms with Crippen molar-refractivity contribution in [3.8, 4) is 5.75 Å². The van der Waals surface area contributed by atoms with Crippen molar-refractivity contribution >= 4 is 5.91 Å². The molecule has 0 aliphatic rings. The Balaban J connectivity index is 2.62. The van der Waals surface area contributed by atoms with Crippen LogP contribution >= 0.6 is 0 Å². The molecule has 0 atom stereocenters. The van der Waals surface area contributed by atoms with Crippen LogP contribution in [-0.4, -0.2) is 5.91 Å². The molecule has 1 aromatic carbocycles. The van der Waals surface area contributed by atoms with Crippen molar-refractivity contribution in [3.05, 3.63) is 42.2 Å². The van der Waals surface area contributed by atoms with Crippen LogP contribution in [0.4, 0.5) is 0 Å². The van der Waals surface area contributed by atoms with Gasteiger partial charge in [0.15, 0.2) is 0 Å². The summed E-state index contributed by atoms with van der Waals surface area (Å²) < 4.78 is 5.17. The predicted octanol–water partition coefficient (Wildman–Crippen LogP) is 1.45. The van der Waals surface area contributed by atoms with Crippen LogP contribution in [0.2, 0.25) is 0 Å². The van der Waals surface area contributed by atoms with E-state index in [-0.39, 0.29) is 0 Å². The monoisotopic (exact) mass is 177 g/mol. The zero-order chi connectivity index (χ0) is 9.68. The Kier molecular flexibility index (Phi) is 3.09. The lowest BCUT2D eigenvalue weighted by molar-refractivity contribution is -0.114. The van der Waals surface area contributed by atoms with Crippen molar-refractivity contribution in [1.29, 1.82) is 0 Å². The molecule has 0 saturated carbocycles. The van der Waals surface area contributed by atoms with E-state index in [4.69, 9.17) is 10.5 Å². The highest BCUT2D eigenvalue weighted by Gasteiger charge is 1.96. The first-order chi connectivity index (χ1) is 6.20. The molecule has 0 aromatic heterocycles. The fourth-order valence-corrected chi connectivity index (χ4v) is 0.714. The van der Waals surface area contributed by atoms with Gasteiger partial charge in [0.1, 0.15) is 5.75 Å². The zero-order valence-corrected chi connectivity index (χ0v) is 7.36. The summed E-state index contributed by atoms with van der Waals surface area (Å²) in [7, 11) is 0. The van der Waals surface area contributed by atoms with Crippen LogP contribution in [0.1, 0.15) is 6.92 Å². The Morgan fingerprint density at radius 1 is 1.38 bits per heavy atom. The lowest BCUT2D eigenvalue weighted by Gasteiger charge is -1.99. The second-order valence-electron chi connectivity index (χ2n) is 2.60. The minimum atomic E-state index is -0.476. The first-order valence-corrected chi connectivity index (χ1v) is 3.88. The molecular formula is C10H11NO2. The minimum Gasteiger partial charge on any atom is -0.465 e. The van der Waals surface area contributed by atoms with E-state index in [9.17, 15) is 4.79 Å². The van der Waals surface area contributed by atoms with Gasteiger partial charge in [-0.2, -0.15) is 0 Å². The Labute approximate surface area is 76.8 Å². The molecule has 2 N–H and O–H groups in total. The van der Waals surface area contributed by atoms with E-state index in [0.717, 1.165) is 0 Å². The van der Waals surface area contributed by atoms with Gasteiger partial charge in [-0.3, -0.25) is 4.79 Å². The molecule has 1 aromatic rings. The summed E-state index contributed by atoms with van der Waals surface area (Å²) in [6, 6.07) is 9.18. The van der Waals surface area contributed by atoms with E-state index in [0.29, 0.717) is 11.3 Å². The number of carbonyl (C=O) groups excluding carboxylic acids is 1. The largest absolute Gasteiger partial charge is 0.465 e. The second-order valence-corrected chi connectivity index (χ2v) is 2.60. The summed E-state index contributed by atoms with van der Waals surface area (Å²) >= 11 is 0. The summed E-state index contributed by atoms with van der Waals surface area (Å²) in [5.74, 6) is 0.207. The minimum absolute atomic E-state index is 0.392. The topological polar surface area (TPSA) is 52.3 Å². The van der Waals surface area contributed by atoms with Crippen LogP contribution in [0.15, 0.2) is 42.2 Å². The molecular weight excluding hydrogens is 166 g/mol. The van der Waals surface area contributed by atoms with Gasteiger partial charge in [-0.1, -0.05) is 18.2 Å². The van der Waals surface area contributed by atoms with Gasteiger partial charge in [-0.05, 0) is 19.1 Å². The van der Waals surface area contributed by atoms with Crippen molar-refractivity contribution in [2.75, 3.05) is 0 Å². The number of hydrogen-bond donors (Lipinski definition) is 1. The molecule has 3 heteroatoms. The fraction of sp³-hybridized carbons (Fsp3) is 0.100. The second kappa shape index (κ2) is 4.30. The highest BCUT2D eigenvalue weighted by molar-refractivity contribution is 5.90. The Bertz CT molecular complexity index is 317. The summed E-state index contributed by atoms with van der Waals surface area (Å²) in [4.78, 5) is 10.6. The average Bonchev–Trinajstić information content (AvgIpc) is 2.15. The normalized spacial score (nSPS) is 11.0. The first kappa shape index (κ1) is 9.32. The van der Waals surface area contributed by atoms with Gasteiger partial charge in [0.2, 0.25) is 5.91 Å². The number of amides is 1. The number of hydrogen-bond acceptors (Lipinski definition) is 2. The van der Waals surface area contributed by atoms with E-state index in [1.165, 1.54) is 6.26 Å². The smallest absolute Gasteiger partial charge is 0.247 e. The third-order valence-corrected chi connectivity index (χ3v) is 1.50. The van der Waals surface area contributed by atoms with Crippen LogP contribution in [-0.2, 0) is 4.79 Å². The summed E-state index contributed by atoms with van der Waals surface area (Å²) in [6.07, 6.45) is 1.34. The maximum absolute atomic E-state index is 10.6. The predicted molar refractivity (Wildman–Crippen MR) is 50.0 cm³/mol. The number of para-hydroxylation sites is 1. The highest BCUT2D eigenvalue weighted by Crippen LogP contribution is 2.09. The lowest BCUT2D eigenvalue weighted by Crippen LogP contribution is -2.12. The fourth-order valence-electron chi connectivity index (χ4n) is 0.714. The van der Waals surface area contributed by atoms with E-state index in [1.54, 1.807) is 19.1 Å². The maximum Gasteiger partial charge on any atom is 0.247 e. The van der Waals surface area contributed by atoms with Gasteiger partial charge in [-0.25, -0.2) is 0 Å². The molecule has 68 valence electrons. The summed E-state index contributed by atoms with van der Waals surface area (Å²) in [5.41, 5.74) is 5.41. The Morgan fingerprint density at radius 2 is 2.00 bits per heavy atom. The van der Waals surface area contributed by atoms with E-state index in [1.807, 2.05) is 18.2 Å². The number of carbonyl (C=O) groups is 1. The lowest BCUT2D eigenvalue weighted by atomic mass is 10.3. The molecule has 1 amide bonds. The molecule has 0 bridgehead atoms. The Hall–Kier alpha value is -1.77. The molecule has 0 heterocycles. The summed E-state index contributed by atoms with van der Waals surface area (Å²) in [5, 5.41) is 0. The van der Waals surface area contributed by atoms with Gasteiger partial charge >= 0.3 is 0 Å². The van der Waals surface area contributed by atoms with Crippen LogP contribution in [0.25, 0.3) is 0 Å². The molecule has 0 radical (unpaired) electrons. The van der Waals surface area contributed by atoms with Crippen LogP contribution < -0.4 is 10.5 Å².